The molecule has 0 N–H and O–H groups in total. The fourth-order valence-corrected chi connectivity index (χ4v) is 8.76. The number of rotatable bonds is 5. The predicted octanol–water partition coefficient (Wildman–Crippen LogP) is 11.9. The monoisotopic (exact) mass is 700 g/mol. The highest BCUT2D eigenvalue weighted by Crippen LogP contribution is 2.63. The third kappa shape index (κ3) is 4.85. The summed E-state index contributed by atoms with van der Waals surface area (Å²) in [5, 5.41) is 0. The van der Waals surface area contributed by atoms with Gasteiger partial charge in [-0.3, -0.25) is 4.98 Å². The van der Waals surface area contributed by atoms with E-state index in [9.17, 15) is 0 Å². The van der Waals surface area contributed by atoms with Crippen LogP contribution in [0.2, 0.25) is 0 Å². The number of nitrogens with zero attached hydrogens (tertiary/aromatic N) is 4. The second kappa shape index (κ2) is 12.4. The first-order valence-corrected chi connectivity index (χ1v) is 18.6. The molecular weight excluding hydrogens is 669 g/mol. The van der Waals surface area contributed by atoms with Crippen molar-refractivity contribution < 1.29 is 0 Å². The molecule has 2 heterocycles. The second-order valence-electron chi connectivity index (χ2n) is 14.2. The number of hydrogen-bond donors (Lipinski definition) is 0. The quantitative estimate of drug-likeness (QED) is 0.179. The summed E-state index contributed by atoms with van der Waals surface area (Å²) in [5.74, 6) is 1.88. The summed E-state index contributed by atoms with van der Waals surface area (Å²) in [6.07, 6.45) is 1.82. The summed E-state index contributed by atoms with van der Waals surface area (Å²) in [6.45, 7) is 0. The third-order valence-electron chi connectivity index (χ3n) is 11.2. The molecular formula is C51H32N4. The topological polar surface area (TPSA) is 51.6 Å². The van der Waals surface area contributed by atoms with Gasteiger partial charge in [0, 0.05) is 28.5 Å². The Morgan fingerprint density at radius 1 is 0.291 bits per heavy atom. The average molecular weight is 701 g/mol. The lowest BCUT2D eigenvalue weighted by Gasteiger charge is -2.30. The molecule has 0 bridgehead atoms. The predicted molar refractivity (Wildman–Crippen MR) is 221 cm³/mol. The smallest absolute Gasteiger partial charge is 0.164 e. The highest BCUT2D eigenvalue weighted by atomic mass is 15.0. The molecule has 2 aliphatic carbocycles. The molecule has 0 saturated carbocycles. The molecule has 11 rings (SSSR count). The summed E-state index contributed by atoms with van der Waals surface area (Å²) in [7, 11) is 0. The summed E-state index contributed by atoms with van der Waals surface area (Å²) < 4.78 is 0. The van der Waals surface area contributed by atoms with Crippen LogP contribution in [0.15, 0.2) is 194 Å². The standard InChI is InChI=1S/C51H32N4/c1-2-12-33(13-3-1)34-21-25-36(26-22-34)48-53-49(37-27-23-35(24-28-37)47-20-10-11-31-52-47)55-50(54-48)38-29-30-42-41-16-6-9-19-45(41)51(46(42)32-38)43-17-7-4-14-39(43)40-15-5-8-18-44(40)51/h1-32H. The van der Waals surface area contributed by atoms with E-state index in [1.54, 1.807) is 0 Å². The summed E-state index contributed by atoms with van der Waals surface area (Å²) >= 11 is 0. The van der Waals surface area contributed by atoms with Crippen LogP contribution in [-0.4, -0.2) is 19.9 Å². The van der Waals surface area contributed by atoms with Gasteiger partial charge in [0.2, 0.25) is 0 Å². The minimum Gasteiger partial charge on any atom is -0.256 e. The van der Waals surface area contributed by atoms with Crippen LogP contribution in [0, 0.1) is 0 Å². The third-order valence-corrected chi connectivity index (χ3v) is 11.2. The second-order valence-corrected chi connectivity index (χ2v) is 14.2. The van der Waals surface area contributed by atoms with E-state index in [1.807, 2.05) is 30.5 Å². The minimum atomic E-state index is -0.456. The maximum absolute atomic E-state index is 5.21. The minimum absolute atomic E-state index is 0.456. The van der Waals surface area contributed by atoms with Crippen LogP contribution < -0.4 is 0 Å². The van der Waals surface area contributed by atoms with Crippen molar-refractivity contribution in [3.8, 4) is 78.8 Å². The lowest BCUT2D eigenvalue weighted by molar-refractivity contribution is 0.794. The van der Waals surface area contributed by atoms with E-state index in [0.29, 0.717) is 17.5 Å². The van der Waals surface area contributed by atoms with Crippen LogP contribution in [0.25, 0.3) is 78.8 Å². The molecule has 0 radical (unpaired) electrons. The molecule has 2 aromatic heterocycles. The Morgan fingerprint density at radius 2 is 0.709 bits per heavy atom. The Labute approximate surface area is 319 Å². The molecule has 256 valence electrons. The number of fused-ring (bicyclic) bond motifs is 10. The van der Waals surface area contributed by atoms with Crippen molar-refractivity contribution in [2.75, 3.05) is 0 Å². The first kappa shape index (κ1) is 31.2. The van der Waals surface area contributed by atoms with Crippen LogP contribution in [-0.2, 0) is 5.41 Å². The number of hydrogen-bond acceptors (Lipinski definition) is 4. The molecule has 2 aliphatic rings. The van der Waals surface area contributed by atoms with E-state index in [4.69, 9.17) is 15.0 Å². The van der Waals surface area contributed by atoms with Gasteiger partial charge in [0.15, 0.2) is 17.5 Å². The van der Waals surface area contributed by atoms with Gasteiger partial charge in [0.25, 0.3) is 0 Å². The molecule has 1 spiro atoms. The molecule has 7 aromatic carbocycles. The van der Waals surface area contributed by atoms with Gasteiger partial charge in [-0.25, -0.2) is 15.0 Å². The van der Waals surface area contributed by atoms with Gasteiger partial charge in [0.1, 0.15) is 0 Å². The Morgan fingerprint density at radius 3 is 1.25 bits per heavy atom. The molecule has 0 atom stereocenters. The van der Waals surface area contributed by atoms with Crippen molar-refractivity contribution in [1.29, 1.82) is 0 Å². The van der Waals surface area contributed by atoms with E-state index in [2.05, 4.69) is 169 Å². The first-order chi connectivity index (χ1) is 27.3. The molecule has 0 aliphatic heterocycles. The Hall–Kier alpha value is -7.30. The molecule has 0 saturated heterocycles. The lowest BCUT2D eigenvalue weighted by atomic mass is 9.70. The van der Waals surface area contributed by atoms with Crippen LogP contribution in [0.1, 0.15) is 22.3 Å². The Kier molecular flexibility index (Phi) is 7.04. The normalized spacial score (nSPS) is 12.9. The van der Waals surface area contributed by atoms with Crippen molar-refractivity contribution in [3.63, 3.8) is 0 Å². The van der Waals surface area contributed by atoms with Gasteiger partial charge in [-0.1, -0.05) is 170 Å². The molecule has 0 unspecified atom stereocenters. The molecule has 0 fully saturated rings. The van der Waals surface area contributed by atoms with Crippen LogP contribution in [0.4, 0.5) is 0 Å². The van der Waals surface area contributed by atoms with E-state index >= 15 is 0 Å². The van der Waals surface area contributed by atoms with E-state index < -0.39 is 5.41 Å². The fraction of sp³-hybridized carbons (Fsp3) is 0.0196. The van der Waals surface area contributed by atoms with E-state index in [1.165, 1.54) is 50.1 Å². The molecule has 4 heteroatoms. The molecule has 55 heavy (non-hydrogen) atoms. The van der Waals surface area contributed by atoms with E-state index in [-0.39, 0.29) is 0 Å². The number of pyridine rings is 1. The average Bonchev–Trinajstić information content (AvgIpc) is 3.74. The van der Waals surface area contributed by atoms with Crippen LogP contribution in [0.3, 0.4) is 0 Å². The fourth-order valence-electron chi connectivity index (χ4n) is 8.76. The summed E-state index contributed by atoms with van der Waals surface area (Å²) in [4.78, 5) is 20.1. The zero-order valence-corrected chi connectivity index (χ0v) is 29.8. The van der Waals surface area contributed by atoms with Crippen LogP contribution in [0.5, 0.6) is 0 Å². The Balaban J connectivity index is 1.10. The largest absolute Gasteiger partial charge is 0.256 e. The van der Waals surface area contributed by atoms with Gasteiger partial charge in [-0.05, 0) is 73.8 Å². The maximum Gasteiger partial charge on any atom is 0.164 e. The summed E-state index contributed by atoms with van der Waals surface area (Å²) in [5.41, 5.74) is 16.8. The number of benzene rings is 7. The SMILES string of the molecule is c1ccc(-c2ccc(-c3nc(-c4ccc(-c5ccccn5)cc4)nc(-c4ccc5c(c4)C4(c6ccccc6-c6ccccc64)c4ccccc4-5)n3)cc2)cc1. The zero-order chi connectivity index (χ0) is 36.3. The van der Waals surface area contributed by atoms with Crippen molar-refractivity contribution in [1.82, 2.24) is 19.9 Å². The highest BCUT2D eigenvalue weighted by molar-refractivity contribution is 5.95. The van der Waals surface area contributed by atoms with Gasteiger partial charge >= 0.3 is 0 Å². The van der Waals surface area contributed by atoms with Gasteiger partial charge in [0.05, 0.1) is 11.1 Å². The number of aromatic nitrogens is 4. The van der Waals surface area contributed by atoms with E-state index in [0.717, 1.165) is 33.5 Å². The van der Waals surface area contributed by atoms with Crippen molar-refractivity contribution in [3.05, 3.63) is 217 Å². The van der Waals surface area contributed by atoms with Gasteiger partial charge in [-0.15, -0.1) is 0 Å². The molecule has 9 aromatic rings. The van der Waals surface area contributed by atoms with Crippen molar-refractivity contribution in [2.45, 2.75) is 5.41 Å². The summed E-state index contributed by atoms with van der Waals surface area (Å²) in [6, 6.07) is 66.6. The maximum atomic E-state index is 5.21. The van der Waals surface area contributed by atoms with Crippen LogP contribution >= 0.6 is 0 Å². The highest BCUT2D eigenvalue weighted by Gasteiger charge is 2.51. The lowest BCUT2D eigenvalue weighted by Crippen LogP contribution is -2.25. The van der Waals surface area contributed by atoms with Gasteiger partial charge < -0.3 is 0 Å². The molecule has 4 nitrogen and oxygen atoms in total. The molecule has 0 amide bonds. The van der Waals surface area contributed by atoms with Gasteiger partial charge in [-0.2, -0.15) is 0 Å². The van der Waals surface area contributed by atoms with Crippen molar-refractivity contribution >= 4 is 0 Å². The first-order valence-electron chi connectivity index (χ1n) is 18.6. The van der Waals surface area contributed by atoms with Crippen molar-refractivity contribution in [2.24, 2.45) is 0 Å². The zero-order valence-electron chi connectivity index (χ0n) is 29.8. The Bertz CT molecular complexity index is 2740.